The molecule has 0 saturated carbocycles. The number of hydrogen-bond acceptors (Lipinski definition) is 7. The Morgan fingerprint density at radius 3 is 1.50 bits per heavy atom. The third-order valence-electron chi connectivity index (χ3n) is 6.34. The van der Waals surface area contributed by atoms with Crippen molar-refractivity contribution in [2.75, 3.05) is 0 Å². The molecule has 0 fully saturated rings. The van der Waals surface area contributed by atoms with Crippen LogP contribution in [-0.4, -0.2) is 39.6 Å². The number of aromatic hydroxyl groups is 3. The Hall–Kier alpha value is -5.70. The Morgan fingerprint density at radius 2 is 1.05 bits per heavy atom. The first kappa shape index (κ1) is 25.9. The molecule has 5 aromatic carbocycles. The summed E-state index contributed by atoms with van der Waals surface area (Å²) in [7, 11) is 0. The molecule has 9 heteroatoms. The van der Waals surface area contributed by atoms with Gasteiger partial charge in [0.2, 0.25) is 0 Å². The molecule has 0 radical (unpaired) electrons. The minimum Gasteiger partial charge on any atom is -0.507 e. The summed E-state index contributed by atoms with van der Waals surface area (Å²) in [6.45, 7) is 1.80. The zero-order valence-corrected chi connectivity index (χ0v) is 21.3. The molecule has 40 heavy (non-hydrogen) atoms. The van der Waals surface area contributed by atoms with Crippen molar-refractivity contribution in [2.45, 2.75) is 6.92 Å². The summed E-state index contributed by atoms with van der Waals surface area (Å²) in [6.07, 6.45) is 2.53. The number of hydrogen-bond donors (Lipinski definition) is 5. The van der Waals surface area contributed by atoms with Gasteiger partial charge in [0.05, 0.1) is 23.6 Å². The minimum absolute atomic E-state index is 0.0605. The van der Waals surface area contributed by atoms with Gasteiger partial charge in [-0.3, -0.25) is 9.59 Å². The molecule has 9 nitrogen and oxygen atoms in total. The van der Waals surface area contributed by atoms with Crippen LogP contribution in [0.2, 0.25) is 0 Å². The fourth-order valence-corrected chi connectivity index (χ4v) is 4.35. The van der Waals surface area contributed by atoms with Crippen molar-refractivity contribution in [2.24, 2.45) is 10.2 Å². The lowest BCUT2D eigenvalue weighted by Gasteiger charge is -2.08. The number of nitrogens with zero attached hydrogens (tertiary/aromatic N) is 2. The zero-order valence-electron chi connectivity index (χ0n) is 21.3. The molecule has 0 heterocycles. The third-order valence-corrected chi connectivity index (χ3v) is 6.34. The second-order valence-corrected chi connectivity index (χ2v) is 9.06. The van der Waals surface area contributed by atoms with Crippen molar-refractivity contribution < 1.29 is 24.9 Å². The van der Waals surface area contributed by atoms with Crippen LogP contribution in [-0.2, 0) is 0 Å². The largest absolute Gasteiger partial charge is 0.507 e. The van der Waals surface area contributed by atoms with Gasteiger partial charge in [-0.1, -0.05) is 60.7 Å². The van der Waals surface area contributed by atoms with Gasteiger partial charge in [-0.2, -0.15) is 10.2 Å². The van der Waals surface area contributed by atoms with E-state index in [4.69, 9.17) is 0 Å². The molecule has 5 N–H and O–H groups in total. The number of amides is 2. The lowest BCUT2D eigenvalue weighted by Crippen LogP contribution is -2.18. The summed E-state index contributed by atoms with van der Waals surface area (Å²) in [5, 5.41) is 42.2. The molecular weight excluding hydrogens is 508 g/mol. The number of phenols is 3. The van der Waals surface area contributed by atoms with Crippen LogP contribution in [0.1, 0.15) is 37.4 Å². The van der Waals surface area contributed by atoms with E-state index >= 15 is 0 Å². The van der Waals surface area contributed by atoms with Gasteiger partial charge >= 0.3 is 0 Å². The number of benzene rings is 5. The van der Waals surface area contributed by atoms with E-state index in [2.05, 4.69) is 21.1 Å². The van der Waals surface area contributed by atoms with Crippen LogP contribution in [0, 0.1) is 6.92 Å². The molecule has 5 rings (SSSR count). The average molecular weight is 533 g/mol. The maximum atomic E-state index is 12.6. The van der Waals surface area contributed by atoms with Crippen LogP contribution in [0.3, 0.4) is 0 Å². The second-order valence-electron chi connectivity index (χ2n) is 9.06. The fourth-order valence-electron chi connectivity index (χ4n) is 4.35. The van der Waals surface area contributed by atoms with E-state index in [1.54, 1.807) is 55.5 Å². The number of phenolic OH excluding ortho intramolecular Hbond substituents is 3. The Kier molecular flexibility index (Phi) is 7.10. The van der Waals surface area contributed by atoms with Crippen molar-refractivity contribution in [3.8, 4) is 17.2 Å². The lowest BCUT2D eigenvalue weighted by atomic mass is 10.1. The van der Waals surface area contributed by atoms with E-state index in [-0.39, 0.29) is 28.4 Å². The summed E-state index contributed by atoms with van der Waals surface area (Å²) in [5.41, 5.74) is 6.19. The van der Waals surface area contributed by atoms with Gasteiger partial charge in [-0.15, -0.1) is 0 Å². The van der Waals surface area contributed by atoms with Crippen molar-refractivity contribution in [1.29, 1.82) is 0 Å². The molecular formula is C31H24N4O5. The van der Waals surface area contributed by atoms with E-state index in [1.807, 2.05) is 24.3 Å². The van der Waals surface area contributed by atoms with Crippen LogP contribution < -0.4 is 10.9 Å². The van der Waals surface area contributed by atoms with Crippen molar-refractivity contribution in [1.82, 2.24) is 10.9 Å². The van der Waals surface area contributed by atoms with E-state index < -0.39 is 11.8 Å². The number of carbonyl (C=O) groups is 2. The van der Waals surface area contributed by atoms with Gasteiger partial charge in [0.25, 0.3) is 11.8 Å². The quantitative estimate of drug-likeness (QED) is 0.155. The van der Waals surface area contributed by atoms with Crippen LogP contribution in [0.5, 0.6) is 17.2 Å². The van der Waals surface area contributed by atoms with E-state index in [0.29, 0.717) is 21.9 Å². The molecule has 0 spiro atoms. The normalized spacial score (nSPS) is 11.4. The molecule has 0 aliphatic rings. The monoisotopic (exact) mass is 532 g/mol. The number of fused-ring (bicyclic) bond motifs is 2. The highest BCUT2D eigenvalue weighted by molar-refractivity contribution is 6.05. The smallest absolute Gasteiger partial charge is 0.275 e. The number of aryl methyl sites for hydroxylation is 1. The van der Waals surface area contributed by atoms with Crippen LogP contribution in [0.4, 0.5) is 0 Å². The Bertz CT molecular complexity index is 1720. The summed E-state index contributed by atoms with van der Waals surface area (Å²) in [5.74, 6) is -1.71. The number of rotatable bonds is 6. The fraction of sp³-hybridized carbons (Fsp3) is 0.0323. The topological polar surface area (TPSA) is 144 Å². The highest BCUT2D eigenvalue weighted by atomic mass is 16.3. The maximum absolute atomic E-state index is 12.6. The molecule has 2 amide bonds. The highest BCUT2D eigenvalue weighted by Crippen LogP contribution is 2.29. The van der Waals surface area contributed by atoms with E-state index in [9.17, 15) is 24.9 Å². The number of carbonyl (C=O) groups excluding carboxylic acids is 2. The van der Waals surface area contributed by atoms with Gasteiger partial charge in [0.15, 0.2) is 0 Å². The van der Waals surface area contributed by atoms with Crippen molar-refractivity contribution in [3.05, 3.63) is 113 Å². The van der Waals surface area contributed by atoms with E-state index in [0.717, 1.165) is 16.3 Å². The van der Waals surface area contributed by atoms with Gasteiger partial charge in [-0.25, -0.2) is 10.9 Å². The molecule has 0 unspecified atom stereocenters. The average Bonchev–Trinajstić information content (AvgIpc) is 2.95. The van der Waals surface area contributed by atoms with Gasteiger partial charge in [-0.05, 0) is 47.5 Å². The zero-order chi connectivity index (χ0) is 28.2. The first-order valence-corrected chi connectivity index (χ1v) is 12.3. The Labute approximate surface area is 228 Å². The van der Waals surface area contributed by atoms with Gasteiger partial charge in [0, 0.05) is 21.9 Å². The summed E-state index contributed by atoms with van der Waals surface area (Å²) < 4.78 is 0. The SMILES string of the molecule is Cc1cc(/C=N/NC(=O)c2ccc3ccccc3c2O)c(O)c(/C=N/NC(=O)c2ccc3ccccc3c2O)c1. The maximum Gasteiger partial charge on any atom is 0.275 e. The molecule has 0 atom stereocenters. The molecule has 5 aromatic rings. The number of hydrazone groups is 2. The van der Waals surface area contributed by atoms with Crippen molar-refractivity contribution >= 4 is 45.8 Å². The minimum atomic E-state index is -0.618. The standard InChI is InChI=1S/C31H24N4O5/c1-18-14-21(16-32-34-30(39)25-12-10-19-6-2-4-8-23(19)28(25)37)27(36)22(15-18)17-33-35-31(40)26-13-11-20-7-3-5-9-24(20)29(26)38/h2-17,36-38H,1H3,(H,34,39)(H,35,40)/b32-16+,33-17+. The van der Waals surface area contributed by atoms with Gasteiger partial charge < -0.3 is 15.3 Å². The summed E-state index contributed by atoms with van der Waals surface area (Å²) in [4.78, 5) is 25.2. The summed E-state index contributed by atoms with van der Waals surface area (Å²) >= 11 is 0. The predicted molar refractivity (Wildman–Crippen MR) is 154 cm³/mol. The molecule has 0 aliphatic heterocycles. The van der Waals surface area contributed by atoms with E-state index in [1.165, 1.54) is 24.6 Å². The number of nitrogens with one attached hydrogen (secondary N) is 2. The Balaban J connectivity index is 1.29. The molecule has 0 aliphatic carbocycles. The first-order valence-electron chi connectivity index (χ1n) is 12.3. The summed E-state index contributed by atoms with van der Waals surface area (Å²) in [6, 6.07) is 24.1. The molecule has 0 saturated heterocycles. The first-order chi connectivity index (χ1) is 19.3. The second kappa shape index (κ2) is 11.0. The van der Waals surface area contributed by atoms with Crippen LogP contribution >= 0.6 is 0 Å². The van der Waals surface area contributed by atoms with Crippen molar-refractivity contribution in [3.63, 3.8) is 0 Å². The lowest BCUT2D eigenvalue weighted by molar-refractivity contribution is 0.0944. The predicted octanol–water partition coefficient (Wildman–Crippen LogP) is 4.95. The van der Waals surface area contributed by atoms with Crippen LogP contribution in [0.25, 0.3) is 21.5 Å². The van der Waals surface area contributed by atoms with Gasteiger partial charge in [0.1, 0.15) is 17.2 Å². The molecule has 0 bridgehead atoms. The highest BCUT2D eigenvalue weighted by Gasteiger charge is 2.15. The van der Waals surface area contributed by atoms with Crippen LogP contribution in [0.15, 0.2) is 95.1 Å². The molecule has 0 aromatic heterocycles. The third kappa shape index (κ3) is 5.16. The molecule has 198 valence electrons. The Morgan fingerprint density at radius 1 is 0.625 bits per heavy atom.